The molecule has 9 nitrogen and oxygen atoms in total. The molecule has 0 saturated carbocycles. The van der Waals surface area contributed by atoms with E-state index in [1.54, 1.807) is 12.1 Å². The molecule has 0 aromatic heterocycles. The van der Waals surface area contributed by atoms with Gasteiger partial charge in [-0.2, -0.15) is 0 Å². The van der Waals surface area contributed by atoms with E-state index in [9.17, 15) is 14.2 Å². The first-order chi connectivity index (χ1) is 16.9. The molecule has 0 aliphatic rings. The van der Waals surface area contributed by atoms with Crippen molar-refractivity contribution in [2.45, 2.75) is 34.1 Å². The van der Waals surface area contributed by atoms with Gasteiger partial charge in [0.1, 0.15) is 34.1 Å². The van der Waals surface area contributed by atoms with E-state index >= 15 is 0 Å². The molecule has 0 N–H and O–H groups in total. The Balaban J connectivity index is 2.49. The van der Waals surface area contributed by atoms with Crippen molar-refractivity contribution in [3.05, 3.63) is 47.5 Å². The summed E-state index contributed by atoms with van der Waals surface area (Å²) in [4.78, 5) is 26.5. The van der Waals surface area contributed by atoms with Crippen molar-refractivity contribution < 1.29 is 42.1 Å². The van der Waals surface area contributed by atoms with Gasteiger partial charge >= 0.3 is 19.5 Å². The van der Waals surface area contributed by atoms with Crippen LogP contribution in [0, 0.1) is 11.3 Å². The number of hydrogen-bond donors (Lipinski definition) is 0. The standard InChI is InChI=1S/C26H35O9P/c1-17(15-26(2,3)4)16-36(29,34-24(27)22-18(30-5)11-9-12-19(22)31-6)35-25(28)23-20(32-7)13-10-14-21(23)33-8/h9-14,17H,15-16H2,1-8H3. The van der Waals surface area contributed by atoms with Crippen LogP contribution in [0.15, 0.2) is 36.4 Å². The van der Waals surface area contributed by atoms with Crippen LogP contribution >= 0.6 is 7.60 Å². The van der Waals surface area contributed by atoms with Gasteiger partial charge in [0.15, 0.2) is 0 Å². The average molecular weight is 523 g/mol. The third-order valence-corrected chi connectivity index (χ3v) is 7.16. The molecular formula is C26H35O9P. The zero-order valence-electron chi connectivity index (χ0n) is 22.1. The van der Waals surface area contributed by atoms with Gasteiger partial charge in [-0.05, 0) is 42.0 Å². The first kappa shape index (κ1) is 29.0. The minimum absolute atomic E-state index is 0.0721. The third kappa shape index (κ3) is 7.40. The topological polar surface area (TPSA) is 107 Å². The summed E-state index contributed by atoms with van der Waals surface area (Å²) in [6.45, 7) is 7.95. The Kier molecular flexibility index (Phi) is 9.82. The Labute approximate surface area is 212 Å². The van der Waals surface area contributed by atoms with Gasteiger partial charge in [0, 0.05) is 0 Å². The van der Waals surface area contributed by atoms with Crippen LogP contribution in [-0.2, 0) is 13.6 Å². The number of rotatable bonds is 11. The maximum absolute atomic E-state index is 14.0. The number of carbonyl (C=O) groups excluding carboxylic acids is 2. The maximum Gasteiger partial charge on any atom is 0.435 e. The van der Waals surface area contributed by atoms with E-state index in [0.717, 1.165) is 0 Å². The monoisotopic (exact) mass is 522 g/mol. The van der Waals surface area contributed by atoms with E-state index in [-0.39, 0.29) is 51.6 Å². The first-order valence-corrected chi connectivity index (χ1v) is 13.1. The normalized spacial score (nSPS) is 12.3. The molecule has 0 aliphatic heterocycles. The highest BCUT2D eigenvalue weighted by molar-refractivity contribution is 7.55. The number of methoxy groups -OCH3 is 4. The Morgan fingerprint density at radius 2 is 1.08 bits per heavy atom. The molecule has 1 unspecified atom stereocenters. The largest absolute Gasteiger partial charge is 0.496 e. The quantitative estimate of drug-likeness (QED) is 0.328. The Bertz CT molecular complexity index is 1000. The van der Waals surface area contributed by atoms with Gasteiger partial charge in [-0.15, -0.1) is 0 Å². The SMILES string of the molecule is COc1cccc(OC)c1C(=O)OP(=O)(CC(C)CC(C)(C)C)OC(=O)c1c(OC)cccc1OC. The van der Waals surface area contributed by atoms with E-state index in [0.29, 0.717) is 6.42 Å². The highest BCUT2D eigenvalue weighted by atomic mass is 31.2. The van der Waals surface area contributed by atoms with E-state index in [1.165, 1.54) is 52.7 Å². The van der Waals surface area contributed by atoms with Gasteiger partial charge in [0.2, 0.25) is 0 Å². The number of carbonyl (C=O) groups is 2. The second-order valence-electron chi connectivity index (χ2n) is 9.50. The summed E-state index contributed by atoms with van der Waals surface area (Å²) >= 11 is 0. The summed E-state index contributed by atoms with van der Waals surface area (Å²) in [6, 6.07) is 9.42. The lowest BCUT2D eigenvalue weighted by Crippen LogP contribution is -2.19. The smallest absolute Gasteiger partial charge is 0.435 e. The molecule has 2 aromatic carbocycles. The molecule has 0 aliphatic carbocycles. The van der Waals surface area contributed by atoms with Gasteiger partial charge < -0.3 is 28.0 Å². The zero-order chi connectivity index (χ0) is 27.1. The molecule has 0 saturated heterocycles. The second-order valence-corrected chi connectivity index (χ2v) is 11.4. The van der Waals surface area contributed by atoms with Gasteiger partial charge in [0.05, 0.1) is 34.6 Å². The van der Waals surface area contributed by atoms with E-state index in [2.05, 4.69) is 0 Å². The number of benzene rings is 2. The van der Waals surface area contributed by atoms with Crippen molar-refractivity contribution in [2.75, 3.05) is 34.6 Å². The highest BCUT2D eigenvalue weighted by Crippen LogP contribution is 2.53. The Morgan fingerprint density at radius 3 is 1.36 bits per heavy atom. The minimum atomic E-state index is -4.35. The van der Waals surface area contributed by atoms with Crippen molar-refractivity contribution in [3.63, 3.8) is 0 Å². The van der Waals surface area contributed by atoms with E-state index in [1.807, 2.05) is 27.7 Å². The highest BCUT2D eigenvalue weighted by Gasteiger charge is 2.39. The molecule has 0 fully saturated rings. The van der Waals surface area contributed by atoms with Crippen LogP contribution in [0.3, 0.4) is 0 Å². The molecule has 2 aromatic rings. The molecule has 10 heteroatoms. The van der Waals surface area contributed by atoms with Crippen LogP contribution in [0.4, 0.5) is 0 Å². The molecule has 198 valence electrons. The van der Waals surface area contributed by atoms with Crippen LogP contribution in [0.5, 0.6) is 23.0 Å². The van der Waals surface area contributed by atoms with Gasteiger partial charge in [-0.1, -0.05) is 39.8 Å². The lowest BCUT2D eigenvalue weighted by Gasteiger charge is -2.26. The molecule has 0 radical (unpaired) electrons. The predicted molar refractivity (Wildman–Crippen MR) is 136 cm³/mol. The number of hydrogen-bond acceptors (Lipinski definition) is 9. The van der Waals surface area contributed by atoms with Crippen molar-refractivity contribution in [2.24, 2.45) is 11.3 Å². The molecule has 36 heavy (non-hydrogen) atoms. The molecular weight excluding hydrogens is 487 g/mol. The first-order valence-electron chi connectivity index (χ1n) is 11.4. The zero-order valence-corrected chi connectivity index (χ0v) is 23.0. The summed E-state index contributed by atoms with van der Waals surface area (Å²) in [5.41, 5.74) is -0.245. The van der Waals surface area contributed by atoms with E-state index in [4.69, 9.17) is 28.0 Å². The van der Waals surface area contributed by atoms with Crippen LogP contribution < -0.4 is 18.9 Å². The van der Waals surface area contributed by atoms with E-state index < -0.39 is 19.5 Å². The fraction of sp³-hybridized carbons (Fsp3) is 0.462. The minimum Gasteiger partial charge on any atom is -0.496 e. The fourth-order valence-corrected chi connectivity index (χ4v) is 5.80. The molecule has 2 rings (SSSR count). The predicted octanol–water partition coefficient (Wildman–Crippen LogP) is 6.00. The van der Waals surface area contributed by atoms with Crippen molar-refractivity contribution in [3.8, 4) is 23.0 Å². The summed E-state index contributed by atoms with van der Waals surface area (Å²) in [5.74, 6) is -1.59. The third-order valence-electron chi connectivity index (χ3n) is 5.20. The van der Waals surface area contributed by atoms with Crippen LogP contribution in [-0.4, -0.2) is 46.5 Å². The summed E-state index contributed by atoms with van der Waals surface area (Å²) in [5, 5.41) is 0. The summed E-state index contributed by atoms with van der Waals surface area (Å²) in [7, 11) is 1.17. The second kappa shape index (κ2) is 12.2. The van der Waals surface area contributed by atoms with Crippen LogP contribution in [0.1, 0.15) is 54.8 Å². The van der Waals surface area contributed by atoms with Crippen molar-refractivity contribution in [1.82, 2.24) is 0 Å². The van der Waals surface area contributed by atoms with Crippen molar-refractivity contribution in [1.29, 1.82) is 0 Å². The lowest BCUT2D eigenvalue weighted by atomic mass is 9.86. The van der Waals surface area contributed by atoms with Gasteiger partial charge in [0.25, 0.3) is 0 Å². The number of ether oxygens (including phenoxy) is 4. The molecule has 1 atom stereocenters. The van der Waals surface area contributed by atoms with Crippen LogP contribution in [0.2, 0.25) is 0 Å². The fourth-order valence-electron chi connectivity index (χ4n) is 4.03. The Hall–Kier alpha value is -3.19. The molecule has 0 amide bonds. The average Bonchev–Trinajstić information content (AvgIpc) is 2.80. The molecule has 0 bridgehead atoms. The van der Waals surface area contributed by atoms with Gasteiger partial charge in [-0.25, -0.2) is 14.2 Å². The molecule has 0 heterocycles. The Morgan fingerprint density at radius 1 is 0.750 bits per heavy atom. The maximum atomic E-state index is 14.0. The van der Waals surface area contributed by atoms with Crippen molar-refractivity contribution >= 4 is 19.5 Å². The van der Waals surface area contributed by atoms with Gasteiger partial charge in [-0.3, -0.25) is 0 Å². The molecule has 0 spiro atoms. The van der Waals surface area contributed by atoms with Crippen LogP contribution in [0.25, 0.3) is 0 Å². The summed E-state index contributed by atoms with van der Waals surface area (Å²) < 4.78 is 46.0. The lowest BCUT2D eigenvalue weighted by molar-refractivity contribution is 0.0620. The summed E-state index contributed by atoms with van der Waals surface area (Å²) in [6.07, 6.45) is 0.457.